The van der Waals surface area contributed by atoms with Crippen LogP contribution in [-0.4, -0.2) is 22.6 Å². The van der Waals surface area contributed by atoms with Gasteiger partial charge < -0.3 is 15.7 Å². The predicted octanol–water partition coefficient (Wildman–Crippen LogP) is 2.20. The lowest BCUT2D eigenvalue weighted by atomic mass is 10.2. The Balaban J connectivity index is 2.51. The fourth-order valence-electron chi connectivity index (χ4n) is 1.60. The number of rotatable bonds is 7. The number of nitro groups is 1. The highest BCUT2D eigenvalue weighted by Gasteiger charge is 2.16. The number of benzene rings is 1. The summed E-state index contributed by atoms with van der Waals surface area (Å²) in [5, 5.41) is 22.1. The molecule has 0 fully saturated rings. The quantitative estimate of drug-likeness (QED) is 0.196. The minimum absolute atomic E-state index is 0.0311. The topological polar surface area (TPSA) is 111 Å². The molecule has 0 spiro atoms. The van der Waals surface area contributed by atoms with Crippen molar-refractivity contribution in [3.63, 3.8) is 0 Å². The van der Waals surface area contributed by atoms with Crippen molar-refractivity contribution < 1.29 is 14.9 Å². The van der Waals surface area contributed by atoms with Crippen LogP contribution in [0, 0.1) is 17.0 Å². The van der Waals surface area contributed by atoms with Crippen LogP contribution >= 0.6 is 0 Å². The summed E-state index contributed by atoms with van der Waals surface area (Å²) in [5.74, 6) is 0.471. The Kier molecular flexibility index (Phi) is 5.59. The number of hydrogen-bond acceptors (Lipinski definition) is 5. The van der Waals surface area contributed by atoms with E-state index in [9.17, 15) is 10.1 Å². The van der Waals surface area contributed by atoms with Gasteiger partial charge in [-0.2, -0.15) is 0 Å². The first-order valence-corrected chi connectivity index (χ1v) is 5.89. The molecule has 7 heteroatoms. The van der Waals surface area contributed by atoms with E-state index in [0.717, 1.165) is 5.56 Å². The summed E-state index contributed by atoms with van der Waals surface area (Å²) in [7, 11) is 0. The van der Waals surface area contributed by atoms with Crippen molar-refractivity contribution in [2.45, 2.75) is 26.2 Å². The minimum atomic E-state index is -0.460. The maximum Gasteiger partial charge on any atom is 0.311 e. The largest absolute Gasteiger partial charge is 0.487 e. The Bertz CT molecular complexity index is 474. The van der Waals surface area contributed by atoms with E-state index in [1.165, 1.54) is 6.07 Å². The molecule has 104 valence electrons. The number of para-hydroxylation sites is 1. The van der Waals surface area contributed by atoms with Gasteiger partial charge in [0.05, 0.1) is 11.5 Å². The molecular weight excluding hydrogens is 250 g/mol. The van der Waals surface area contributed by atoms with Gasteiger partial charge in [-0.05, 0) is 25.3 Å². The first-order valence-electron chi connectivity index (χ1n) is 5.89. The molecule has 3 N–H and O–H groups in total. The summed E-state index contributed by atoms with van der Waals surface area (Å²) in [6, 6.07) is 4.80. The van der Waals surface area contributed by atoms with Crippen LogP contribution in [0.25, 0.3) is 0 Å². The lowest BCUT2D eigenvalue weighted by Gasteiger charge is -2.09. The van der Waals surface area contributed by atoms with E-state index in [-0.39, 0.29) is 11.5 Å². The van der Waals surface area contributed by atoms with Crippen LogP contribution in [-0.2, 0) is 0 Å². The predicted molar refractivity (Wildman–Crippen MR) is 70.6 cm³/mol. The van der Waals surface area contributed by atoms with E-state index in [1.807, 2.05) is 0 Å². The van der Waals surface area contributed by atoms with Crippen molar-refractivity contribution >= 4 is 11.5 Å². The van der Waals surface area contributed by atoms with Gasteiger partial charge in [-0.15, -0.1) is 0 Å². The summed E-state index contributed by atoms with van der Waals surface area (Å²) < 4.78 is 5.46. The van der Waals surface area contributed by atoms with E-state index < -0.39 is 4.92 Å². The Morgan fingerprint density at radius 3 is 2.89 bits per heavy atom. The number of amidine groups is 1. The molecule has 0 atom stereocenters. The number of oxime groups is 1. The monoisotopic (exact) mass is 267 g/mol. The molecule has 1 rings (SSSR count). The van der Waals surface area contributed by atoms with Crippen molar-refractivity contribution in [1.29, 1.82) is 0 Å². The van der Waals surface area contributed by atoms with Crippen LogP contribution in [0.2, 0.25) is 0 Å². The van der Waals surface area contributed by atoms with Crippen molar-refractivity contribution in [3.8, 4) is 5.75 Å². The minimum Gasteiger partial charge on any atom is -0.487 e. The fourth-order valence-corrected chi connectivity index (χ4v) is 1.60. The maximum absolute atomic E-state index is 10.9. The van der Waals surface area contributed by atoms with Crippen molar-refractivity contribution in [1.82, 2.24) is 0 Å². The molecular formula is C12H17N3O4. The van der Waals surface area contributed by atoms with Gasteiger partial charge in [-0.3, -0.25) is 10.1 Å². The smallest absolute Gasteiger partial charge is 0.311 e. The second-order valence-electron chi connectivity index (χ2n) is 4.08. The lowest BCUT2D eigenvalue weighted by Crippen LogP contribution is -2.11. The standard InChI is InChI=1S/C12H17N3O4/c1-9-5-4-6-10(15(17)18)12(9)19-8-3-2-7-11(13)14-16/h4-6,16H,2-3,7-8H2,1H3,(H2,13,14). The Hall–Kier alpha value is -2.31. The number of nitro benzene ring substituents is 1. The van der Waals surface area contributed by atoms with E-state index in [1.54, 1.807) is 19.1 Å². The van der Waals surface area contributed by atoms with Crippen LogP contribution in [0.3, 0.4) is 0 Å². The first-order chi connectivity index (χ1) is 9.06. The van der Waals surface area contributed by atoms with Gasteiger partial charge in [0.1, 0.15) is 5.84 Å². The average Bonchev–Trinajstić information content (AvgIpc) is 2.39. The summed E-state index contributed by atoms with van der Waals surface area (Å²) in [4.78, 5) is 10.4. The van der Waals surface area contributed by atoms with E-state index >= 15 is 0 Å². The molecule has 19 heavy (non-hydrogen) atoms. The van der Waals surface area contributed by atoms with Crippen LogP contribution in [0.1, 0.15) is 24.8 Å². The van der Waals surface area contributed by atoms with Crippen LogP contribution in [0.4, 0.5) is 5.69 Å². The highest BCUT2D eigenvalue weighted by Crippen LogP contribution is 2.30. The van der Waals surface area contributed by atoms with Gasteiger partial charge in [0, 0.05) is 12.5 Å². The maximum atomic E-state index is 10.9. The Labute approximate surface area is 110 Å². The van der Waals surface area contributed by atoms with Gasteiger partial charge in [0.25, 0.3) is 0 Å². The number of nitrogens with zero attached hydrogens (tertiary/aromatic N) is 2. The van der Waals surface area contributed by atoms with Gasteiger partial charge in [-0.1, -0.05) is 17.3 Å². The molecule has 0 radical (unpaired) electrons. The number of hydrogen-bond donors (Lipinski definition) is 2. The third-order valence-electron chi connectivity index (χ3n) is 2.59. The molecule has 0 aliphatic heterocycles. The molecule has 1 aromatic rings. The van der Waals surface area contributed by atoms with Crippen molar-refractivity contribution in [3.05, 3.63) is 33.9 Å². The zero-order chi connectivity index (χ0) is 14.3. The van der Waals surface area contributed by atoms with E-state index in [4.69, 9.17) is 15.7 Å². The highest BCUT2D eigenvalue weighted by atomic mass is 16.6. The normalized spacial score (nSPS) is 11.3. The number of aryl methyl sites for hydroxylation is 1. The molecule has 0 saturated carbocycles. The zero-order valence-corrected chi connectivity index (χ0v) is 10.7. The third-order valence-corrected chi connectivity index (χ3v) is 2.59. The van der Waals surface area contributed by atoms with E-state index in [2.05, 4.69) is 5.16 Å². The highest BCUT2D eigenvalue weighted by molar-refractivity contribution is 5.79. The lowest BCUT2D eigenvalue weighted by molar-refractivity contribution is -0.385. The van der Waals surface area contributed by atoms with Gasteiger partial charge in [0.15, 0.2) is 5.75 Å². The molecule has 0 unspecified atom stereocenters. The van der Waals surface area contributed by atoms with Crippen molar-refractivity contribution in [2.75, 3.05) is 6.61 Å². The molecule has 0 aliphatic rings. The second-order valence-corrected chi connectivity index (χ2v) is 4.08. The van der Waals surface area contributed by atoms with Crippen LogP contribution in [0.15, 0.2) is 23.4 Å². The SMILES string of the molecule is Cc1cccc([N+](=O)[O-])c1OCCCC/C(N)=N/O. The van der Waals surface area contributed by atoms with Crippen LogP contribution < -0.4 is 10.5 Å². The summed E-state index contributed by atoms with van der Waals surface area (Å²) in [6.07, 6.45) is 1.83. The van der Waals surface area contributed by atoms with Crippen molar-refractivity contribution in [2.24, 2.45) is 10.9 Å². The molecule has 1 aromatic carbocycles. The van der Waals surface area contributed by atoms with Gasteiger partial charge >= 0.3 is 5.69 Å². The molecule has 0 aromatic heterocycles. The average molecular weight is 267 g/mol. The molecule has 7 nitrogen and oxygen atoms in total. The van der Waals surface area contributed by atoms with Gasteiger partial charge in [0.2, 0.25) is 0 Å². The number of unbranched alkanes of at least 4 members (excludes halogenated alkanes) is 1. The summed E-state index contributed by atoms with van der Waals surface area (Å²) in [6.45, 7) is 2.11. The molecule has 0 aliphatic carbocycles. The molecule has 0 amide bonds. The first kappa shape index (κ1) is 14.7. The molecule has 0 bridgehead atoms. The second kappa shape index (κ2) is 7.20. The van der Waals surface area contributed by atoms with Gasteiger partial charge in [-0.25, -0.2) is 0 Å². The number of ether oxygens (including phenoxy) is 1. The zero-order valence-electron chi connectivity index (χ0n) is 10.7. The molecule has 0 saturated heterocycles. The Morgan fingerprint density at radius 1 is 1.53 bits per heavy atom. The summed E-state index contributed by atoms with van der Waals surface area (Å²) >= 11 is 0. The number of nitrogens with two attached hydrogens (primary N) is 1. The summed E-state index contributed by atoms with van der Waals surface area (Å²) in [5.41, 5.74) is 6.02. The van der Waals surface area contributed by atoms with Crippen LogP contribution in [0.5, 0.6) is 5.75 Å². The fraction of sp³-hybridized carbons (Fsp3) is 0.417. The third kappa shape index (κ3) is 4.46. The Morgan fingerprint density at radius 2 is 2.26 bits per heavy atom. The molecule has 0 heterocycles. The van der Waals surface area contributed by atoms with E-state index in [0.29, 0.717) is 31.6 Å².